The van der Waals surface area contributed by atoms with Crippen LogP contribution in [0.2, 0.25) is 10.0 Å². The lowest BCUT2D eigenvalue weighted by atomic mass is 10.2. The van der Waals surface area contributed by atoms with E-state index in [1.165, 1.54) is 0 Å². The van der Waals surface area contributed by atoms with Crippen LogP contribution in [0.5, 0.6) is 0 Å². The number of aromatic nitrogens is 1. The fourth-order valence-electron chi connectivity index (χ4n) is 2.41. The molecule has 1 atom stereocenters. The van der Waals surface area contributed by atoms with Crippen molar-refractivity contribution in [3.8, 4) is 0 Å². The first-order chi connectivity index (χ1) is 9.58. The molecule has 1 aliphatic heterocycles. The maximum absolute atomic E-state index is 11.9. The highest BCUT2D eigenvalue weighted by atomic mass is 35.5. The normalized spacial score (nSPS) is 18.2. The third-order valence-electron chi connectivity index (χ3n) is 3.33. The van der Waals surface area contributed by atoms with Crippen LogP contribution in [-0.4, -0.2) is 37.1 Å². The Morgan fingerprint density at radius 2 is 2.25 bits per heavy atom. The van der Waals surface area contributed by atoms with Crippen LogP contribution in [0.1, 0.15) is 19.8 Å². The van der Waals surface area contributed by atoms with Crippen molar-refractivity contribution < 1.29 is 4.79 Å². The molecule has 2 N–H and O–H groups in total. The van der Waals surface area contributed by atoms with E-state index in [0.717, 1.165) is 19.4 Å². The van der Waals surface area contributed by atoms with Gasteiger partial charge in [0.05, 0.1) is 10.0 Å². The van der Waals surface area contributed by atoms with Gasteiger partial charge >= 0.3 is 0 Å². The summed E-state index contributed by atoms with van der Waals surface area (Å²) in [6, 6.07) is 1.45. The van der Waals surface area contributed by atoms with Crippen LogP contribution in [0.25, 0.3) is 0 Å². The molecule has 1 aromatic heterocycles. The van der Waals surface area contributed by atoms with Crippen LogP contribution in [0.15, 0.2) is 6.07 Å². The molecule has 20 heavy (non-hydrogen) atoms. The Hall–Kier alpha value is -1.20. The standard InChI is InChI=1S/C13H18Cl2N4O/c1-3-17-11-8(14)7-9(15)12(18-11)19-6-4-5-10(19)13(20)16-2/h7,10H,3-6H2,1-2H3,(H,16,20)(H,17,18). The zero-order valence-corrected chi connectivity index (χ0v) is 13.1. The predicted molar refractivity (Wildman–Crippen MR) is 82.9 cm³/mol. The lowest BCUT2D eigenvalue weighted by Crippen LogP contribution is -2.42. The van der Waals surface area contributed by atoms with Crippen molar-refractivity contribution in [1.82, 2.24) is 10.3 Å². The molecular formula is C13H18Cl2N4O. The minimum absolute atomic E-state index is 0.0136. The SMILES string of the molecule is CCNc1nc(N2CCCC2C(=O)NC)c(Cl)cc1Cl. The zero-order valence-electron chi connectivity index (χ0n) is 11.5. The number of nitrogens with zero attached hydrogens (tertiary/aromatic N) is 2. The van der Waals surface area contributed by atoms with Crippen molar-refractivity contribution in [2.24, 2.45) is 0 Å². The second-order valence-corrected chi connectivity index (χ2v) is 5.43. The summed E-state index contributed by atoms with van der Waals surface area (Å²) in [4.78, 5) is 18.3. The van der Waals surface area contributed by atoms with Gasteiger partial charge in [0.15, 0.2) is 5.82 Å². The molecule has 0 aromatic carbocycles. The topological polar surface area (TPSA) is 57.3 Å². The van der Waals surface area contributed by atoms with E-state index in [1.807, 2.05) is 11.8 Å². The Bertz CT molecular complexity index is 509. The largest absolute Gasteiger partial charge is 0.369 e. The van der Waals surface area contributed by atoms with Gasteiger partial charge in [-0.25, -0.2) is 4.98 Å². The summed E-state index contributed by atoms with van der Waals surface area (Å²) in [5.74, 6) is 1.19. The first kappa shape index (κ1) is 15.2. The molecule has 0 aliphatic carbocycles. The van der Waals surface area contributed by atoms with E-state index in [0.29, 0.717) is 28.2 Å². The van der Waals surface area contributed by atoms with Gasteiger partial charge < -0.3 is 15.5 Å². The molecule has 1 saturated heterocycles. The highest BCUT2D eigenvalue weighted by Crippen LogP contribution is 2.35. The molecule has 1 amide bonds. The van der Waals surface area contributed by atoms with Gasteiger partial charge in [-0.3, -0.25) is 4.79 Å². The van der Waals surface area contributed by atoms with Crippen LogP contribution in [-0.2, 0) is 4.79 Å². The number of rotatable bonds is 4. The number of hydrogen-bond acceptors (Lipinski definition) is 4. The lowest BCUT2D eigenvalue weighted by molar-refractivity contribution is -0.121. The van der Waals surface area contributed by atoms with Gasteiger partial charge in [-0.15, -0.1) is 0 Å². The number of hydrogen-bond donors (Lipinski definition) is 2. The summed E-state index contributed by atoms with van der Waals surface area (Å²) < 4.78 is 0. The summed E-state index contributed by atoms with van der Waals surface area (Å²) in [6.07, 6.45) is 1.74. The Kier molecular flexibility index (Phi) is 4.94. The number of carbonyl (C=O) groups is 1. The summed E-state index contributed by atoms with van der Waals surface area (Å²) in [5, 5.41) is 6.73. The monoisotopic (exact) mass is 316 g/mol. The number of nitrogens with one attached hydrogen (secondary N) is 2. The average Bonchev–Trinajstić information content (AvgIpc) is 2.90. The molecule has 0 bridgehead atoms. The Labute approximate surface area is 128 Å². The summed E-state index contributed by atoms with van der Waals surface area (Å²) >= 11 is 12.4. The first-order valence-electron chi connectivity index (χ1n) is 6.66. The Morgan fingerprint density at radius 1 is 1.50 bits per heavy atom. The molecule has 1 aliphatic rings. The number of anilines is 2. The molecule has 1 fully saturated rings. The first-order valence-corrected chi connectivity index (χ1v) is 7.42. The number of halogens is 2. The number of likely N-dealkylation sites (N-methyl/N-ethyl adjacent to an activating group) is 1. The zero-order chi connectivity index (χ0) is 14.7. The van der Waals surface area contributed by atoms with E-state index in [2.05, 4.69) is 15.6 Å². The van der Waals surface area contributed by atoms with Crippen molar-refractivity contribution in [3.63, 3.8) is 0 Å². The van der Waals surface area contributed by atoms with E-state index in [9.17, 15) is 4.79 Å². The molecule has 5 nitrogen and oxygen atoms in total. The minimum atomic E-state index is -0.222. The second kappa shape index (κ2) is 6.50. The molecule has 7 heteroatoms. The summed E-state index contributed by atoms with van der Waals surface area (Å²) in [5.41, 5.74) is 0. The third kappa shape index (κ3) is 2.94. The molecule has 0 radical (unpaired) electrons. The molecule has 0 saturated carbocycles. The van der Waals surface area contributed by atoms with Crippen molar-refractivity contribution in [2.75, 3.05) is 30.4 Å². The lowest BCUT2D eigenvalue weighted by Gasteiger charge is -2.26. The Balaban J connectivity index is 2.35. The number of carbonyl (C=O) groups excluding carboxylic acids is 1. The fraction of sp³-hybridized carbons (Fsp3) is 0.538. The highest BCUT2D eigenvalue weighted by molar-refractivity contribution is 6.37. The summed E-state index contributed by atoms with van der Waals surface area (Å²) in [7, 11) is 1.64. The van der Waals surface area contributed by atoms with E-state index >= 15 is 0 Å². The molecule has 2 rings (SSSR count). The maximum Gasteiger partial charge on any atom is 0.242 e. The average molecular weight is 317 g/mol. The number of pyridine rings is 1. The second-order valence-electron chi connectivity index (χ2n) is 4.62. The summed E-state index contributed by atoms with van der Waals surface area (Å²) in [6.45, 7) is 3.44. The van der Waals surface area contributed by atoms with Gasteiger partial charge in [0.1, 0.15) is 11.9 Å². The van der Waals surface area contributed by atoms with Gasteiger partial charge in [-0.1, -0.05) is 23.2 Å². The van der Waals surface area contributed by atoms with Crippen LogP contribution in [0.4, 0.5) is 11.6 Å². The Morgan fingerprint density at radius 3 is 2.90 bits per heavy atom. The predicted octanol–water partition coefficient (Wildman–Crippen LogP) is 2.54. The molecule has 110 valence electrons. The molecule has 1 unspecified atom stereocenters. The minimum Gasteiger partial charge on any atom is -0.369 e. The molecule has 2 heterocycles. The van der Waals surface area contributed by atoms with Crippen molar-refractivity contribution in [3.05, 3.63) is 16.1 Å². The van der Waals surface area contributed by atoms with Gasteiger partial charge in [-0.2, -0.15) is 0 Å². The molecule has 1 aromatic rings. The van der Waals surface area contributed by atoms with Gasteiger partial charge in [0.25, 0.3) is 0 Å². The van der Waals surface area contributed by atoms with Crippen molar-refractivity contribution in [1.29, 1.82) is 0 Å². The van der Waals surface area contributed by atoms with E-state index in [1.54, 1.807) is 13.1 Å². The van der Waals surface area contributed by atoms with Crippen LogP contribution in [0.3, 0.4) is 0 Å². The third-order valence-corrected chi connectivity index (χ3v) is 3.90. The van der Waals surface area contributed by atoms with Crippen LogP contribution >= 0.6 is 23.2 Å². The smallest absolute Gasteiger partial charge is 0.242 e. The molecular weight excluding hydrogens is 299 g/mol. The van der Waals surface area contributed by atoms with E-state index < -0.39 is 0 Å². The fourth-order valence-corrected chi connectivity index (χ4v) is 2.94. The van der Waals surface area contributed by atoms with Crippen LogP contribution < -0.4 is 15.5 Å². The van der Waals surface area contributed by atoms with Crippen molar-refractivity contribution in [2.45, 2.75) is 25.8 Å². The number of amides is 1. The van der Waals surface area contributed by atoms with Gasteiger partial charge in [0.2, 0.25) is 5.91 Å². The van der Waals surface area contributed by atoms with Crippen molar-refractivity contribution >= 4 is 40.7 Å². The quantitative estimate of drug-likeness (QED) is 0.896. The van der Waals surface area contributed by atoms with E-state index in [-0.39, 0.29) is 11.9 Å². The highest BCUT2D eigenvalue weighted by Gasteiger charge is 2.32. The van der Waals surface area contributed by atoms with Gasteiger partial charge in [-0.05, 0) is 25.8 Å². The van der Waals surface area contributed by atoms with E-state index in [4.69, 9.17) is 23.2 Å². The van der Waals surface area contributed by atoms with Crippen LogP contribution in [0, 0.1) is 0 Å². The van der Waals surface area contributed by atoms with Gasteiger partial charge in [0, 0.05) is 20.1 Å². The molecule has 0 spiro atoms. The maximum atomic E-state index is 11.9.